The van der Waals surface area contributed by atoms with Crippen LogP contribution in [0.15, 0.2) is 47.4 Å². The van der Waals surface area contributed by atoms with Gasteiger partial charge in [0.1, 0.15) is 10.6 Å². The summed E-state index contributed by atoms with van der Waals surface area (Å²) >= 11 is 6.07. The standard InChI is InChI=1S/C22H26ClN3O6S/c1-31-17-7-4-15(5-8-17)12-24-21(27)14-25-22(28)16-6-9-19(23)20(11-16)33(29,30)26-13-18-3-2-10-32-18/h4-9,11,18,26H,2-3,10,12-14H2,1H3,(H,24,27)(H,25,28). The van der Waals surface area contributed by atoms with E-state index in [0.717, 1.165) is 18.4 Å². The van der Waals surface area contributed by atoms with E-state index in [0.29, 0.717) is 18.9 Å². The molecule has 2 aromatic rings. The Balaban J connectivity index is 1.54. The van der Waals surface area contributed by atoms with Crippen LogP contribution in [0.4, 0.5) is 0 Å². The maximum atomic E-state index is 12.7. The average molecular weight is 496 g/mol. The highest BCUT2D eigenvalue weighted by Crippen LogP contribution is 2.23. The van der Waals surface area contributed by atoms with Crippen LogP contribution in [0.5, 0.6) is 5.75 Å². The van der Waals surface area contributed by atoms with Gasteiger partial charge in [0.25, 0.3) is 5.91 Å². The van der Waals surface area contributed by atoms with E-state index in [2.05, 4.69) is 15.4 Å². The molecule has 0 spiro atoms. The van der Waals surface area contributed by atoms with E-state index in [-0.39, 0.29) is 40.6 Å². The number of benzene rings is 2. The SMILES string of the molecule is COc1ccc(CNC(=O)CNC(=O)c2ccc(Cl)c(S(=O)(=O)NCC3CCCO3)c2)cc1. The second-order valence-electron chi connectivity index (χ2n) is 7.44. The molecular formula is C22H26ClN3O6S. The predicted octanol–water partition coefficient (Wildman–Crippen LogP) is 1.85. The lowest BCUT2D eigenvalue weighted by Gasteiger charge is -2.13. The van der Waals surface area contributed by atoms with Crippen molar-refractivity contribution in [1.82, 2.24) is 15.4 Å². The fraction of sp³-hybridized carbons (Fsp3) is 0.364. The van der Waals surface area contributed by atoms with Gasteiger partial charge in [-0.3, -0.25) is 9.59 Å². The van der Waals surface area contributed by atoms with Crippen LogP contribution in [0.2, 0.25) is 5.02 Å². The Labute approximate surface area is 197 Å². The number of sulfonamides is 1. The van der Waals surface area contributed by atoms with E-state index in [9.17, 15) is 18.0 Å². The van der Waals surface area contributed by atoms with E-state index in [4.69, 9.17) is 21.1 Å². The van der Waals surface area contributed by atoms with Crippen LogP contribution in [0.1, 0.15) is 28.8 Å². The monoisotopic (exact) mass is 495 g/mol. The Bertz CT molecular complexity index is 1090. The van der Waals surface area contributed by atoms with Gasteiger partial charge in [0, 0.05) is 25.3 Å². The van der Waals surface area contributed by atoms with E-state index < -0.39 is 15.9 Å². The van der Waals surface area contributed by atoms with Crippen molar-refractivity contribution >= 4 is 33.4 Å². The number of hydrogen-bond donors (Lipinski definition) is 3. The topological polar surface area (TPSA) is 123 Å². The summed E-state index contributed by atoms with van der Waals surface area (Å²) < 4.78 is 38.3. The van der Waals surface area contributed by atoms with Crippen molar-refractivity contribution in [3.63, 3.8) is 0 Å². The molecule has 1 aliphatic heterocycles. The van der Waals surface area contributed by atoms with Crippen molar-refractivity contribution in [2.24, 2.45) is 0 Å². The summed E-state index contributed by atoms with van der Waals surface area (Å²) in [5.41, 5.74) is 0.943. The molecule has 33 heavy (non-hydrogen) atoms. The van der Waals surface area contributed by atoms with Gasteiger partial charge in [-0.2, -0.15) is 0 Å². The third-order valence-corrected chi connectivity index (χ3v) is 6.97. The molecule has 1 unspecified atom stereocenters. The lowest BCUT2D eigenvalue weighted by atomic mass is 10.2. The van der Waals surface area contributed by atoms with Gasteiger partial charge < -0.3 is 20.1 Å². The minimum atomic E-state index is -3.94. The zero-order valence-electron chi connectivity index (χ0n) is 18.1. The molecule has 2 amide bonds. The summed E-state index contributed by atoms with van der Waals surface area (Å²) in [4.78, 5) is 24.3. The van der Waals surface area contributed by atoms with Gasteiger partial charge >= 0.3 is 0 Å². The zero-order valence-corrected chi connectivity index (χ0v) is 19.7. The number of carbonyl (C=O) groups excluding carboxylic acids is 2. The summed E-state index contributed by atoms with van der Waals surface area (Å²) in [5.74, 6) is -0.273. The Morgan fingerprint density at radius 1 is 1.15 bits per heavy atom. The van der Waals surface area contributed by atoms with Gasteiger partial charge in [0.2, 0.25) is 15.9 Å². The van der Waals surface area contributed by atoms with Crippen LogP contribution < -0.4 is 20.1 Å². The molecule has 2 aromatic carbocycles. The molecule has 3 rings (SSSR count). The molecule has 0 radical (unpaired) electrons. The second kappa shape index (κ2) is 11.5. The quantitative estimate of drug-likeness (QED) is 0.462. The fourth-order valence-electron chi connectivity index (χ4n) is 3.21. The highest BCUT2D eigenvalue weighted by molar-refractivity contribution is 7.89. The van der Waals surface area contributed by atoms with E-state index >= 15 is 0 Å². The first-order valence-corrected chi connectivity index (χ1v) is 12.2. The molecule has 1 saturated heterocycles. The minimum Gasteiger partial charge on any atom is -0.497 e. The fourth-order valence-corrected chi connectivity index (χ4v) is 4.80. The van der Waals surface area contributed by atoms with Crippen molar-refractivity contribution in [3.05, 3.63) is 58.6 Å². The summed E-state index contributed by atoms with van der Waals surface area (Å²) in [7, 11) is -2.37. The molecule has 9 nitrogen and oxygen atoms in total. The molecule has 0 saturated carbocycles. The maximum absolute atomic E-state index is 12.7. The third kappa shape index (κ3) is 7.16. The lowest BCUT2D eigenvalue weighted by Crippen LogP contribution is -2.36. The molecule has 1 aliphatic rings. The normalized spacial score (nSPS) is 15.8. The Hall–Kier alpha value is -2.66. The first-order valence-electron chi connectivity index (χ1n) is 10.4. The van der Waals surface area contributed by atoms with Crippen molar-refractivity contribution in [2.75, 3.05) is 26.8 Å². The molecule has 1 atom stereocenters. The predicted molar refractivity (Wildman–Crippen MR) is 123 cm³/mol. The highest BCUT2D eigenvalue weighted by atomic mass is 35.5. The Morgan fingerprint density at radius 3 is 2.58 bits per heavy atom. The smallest absolute Gasteiger partial charge is 0.251 e. The number of ether oxygens (including phenoxy) is 2. The summed E-state index contributed by atoms with van der Waals surface area (Å²) in [6, 6.07) is 11.1. The number of rotatable bonds is 10. The van der Waals surface area contributed by atoms with Gasteiger partial charge in [-0.15, -0.1) is 0 Å². The molecule has 0 bridgehead atoms. The first-order chi connectivity index (χ1) is 15.8. The maximum Gasteiger partial charge on any atom is 0.251 e. The van der Waals surface area contributed by atoms with Gasteiger partial charge in [-0.05, 0) is 48.7 Å². The lowest BCUT2D eigenvalue weighted by molar-refractivity contribution is -0.120. The number of halogens is 1. The van der Waals surface area contributed by atoms with Crippen molar-refractivity contribution in [2.45, 2.75) is 30.4 Å². The van der Waals surface area contributed by atoms with E-state index in [1.807, 2.05) is 12.1 Å². The van der Waals surface area contributed by atoms with E-state index in [1.54, 1.807) is 19.2 Å². The van der Waals surface area contributed by atoms with Crippen LogP contribution in [-0.2, 0) is 26.1 Å². The number of methoxy groups -OCH3 is 1. The van der Waals surface area contributed by atoms with Crippen molar-refractivity contribution < 1.29 is 27.5 Å². The van der Waals surface area contributed by atoms with Crippen molar-refractivity contribution in [3.8, 4) is 5.75 Å². The molecule has 0 aliphatic carbocycles. The molecule has 1 heterocycles. The minimum absolute atomic E-state index is 0.0105. The number of amides is 2. The number of nitrogens with one attached hydrogen (secondary N) is 3. The zero-order chi connectivity index (χ0) is 23.8. The largest absolute Gasteiger partial charge is 0.497 e. The molecule has 1 fully saturated rings. The van der Waals surface area contributed by atoms with Crippen LogP contribution in [0.3, 0.4) is 0 Å². The van der Waals surface area contributed by atoms with Crippen LogP contribution in [-0.4, -0.2) is 53.1 Å². The first kappa shape index (κ1) is 25.0. The molecule has 3 N–H and O–H groups in total. The Kier molecular flexibility index (Phi) is 8.67. The molecular weight excluding hydrogens is 470 g/mol. The van der Waals surface area contributed by atoms with E-state index in [1.165, 1.54) is 18.2 Å². The summed E-state index contributed by atoms with van der Waals surface area (Å²) in [5, 5.41) is 5.17. The summed E-state index contributed by atoms with van der Waals surface area (Å²) in [6.45, 7) is 0.759. The second-order valence-corrected chi connectivity index (χ2v) is 9.58. The molecule has 11 heteroatoms. The van der Waals surface area contributed by atoms with Gasteiger partial charge in [0.15, 0.2) is 0 Å². The summed E-state index contributed by atoms with van der Waals surface area (Å²) in [6.07, 6.45) is 1.48. The van der Waals surface area contributed by atoms with Gasteiger partial charge in [0.05, 0.1) is 24.8 Å². The number of hydrogen-bond acceptors (Lipinski definition) is 6. The van der Waals surface area contributed by atoms with Crippen LogP contribution >= 0.6 is 11.6 Å². The average Bonchev–Trinajstić information content (AvgIpc) is 3.34. The Morgan fingerprint density at radius 2 is 1.91 bits per heavy atom. The van der Waals surface area contributed by atoms with Gasteiger partial charge in [-0.25, -0.2) is 13.1 Å². The van der Waals surface area contributed by atoms with Crippen LogP contribution in [0.25, 0.3) is 0 Å². The molecule has 178 valence electrons. The van der Waals surface area contributed by atoms with Crippen LogP contribution in [0, 0.1) is 0 Å². The van der Waals surface area contributed by atoms with Gasteiger partial charge in [-0.1, -0.05) is 23.7 Å². The number of carbonyl (C=O) groups is 2. The molecule has 0 aromatic heterocycles. The van der Waals surface area contributed by atoms with Crippen molar-refractivity contribution in [1.29, 1.82) is 0 Å². The highest BCUT2D eigenvalue weighted by Gasteiger charge is 2.23. The third-order valence-electron chi connectivity index (χ3n) is 5.07.